The van der Waals surface area contributed by atoms with Gasteiger partial charge in [-0.3, -0.25) is 13.8 Å². The third-order valence-corrected chi connectivity index (χ3v) is 9.10. The monoisotopic (exact) mass is 647 g/mol. The van der Waals surface area contributed by atoms with E-state index in [0.29, 0.717) is 6.42 Å². The average molecular weight is 647 g/mol. The van der Waals surface area contributed by atoms with Crippen LogP contribution in [0.5, 0.6) is 0 Å². The highest BCUT2D eigenvalue weighted by atomic mass is 31.2. The highest BCUT2D eigenvalue weighted by molar-refractivity contribution is 7.47. The summed E-state index contributed by atoms with van der Waals surface area (Å²) in [6, 6.07) is -0.851. The van der Waals surface area contributed by atoms with Gasteiger partial charge < -0.3 is 21.1 Å². The quantitative estimate of drug-likeness (QED) is 0.0311. The fourth-order valence-electron chi connectivity index (χ4n) is 5.31. The molecule has 8 nitrogen and oxygen atoms in total. The van der Waals surface area contributed by atoms with Gasteiger partial charge in [0.2, 0.25) is 5.91 Å². The molecule has 0 aliphatic carbocycles. The molecule has 0 radical (unpaired) electrons. The van der Waals surface area contributed by atoms with Crippen molar-refractivity contribution < 1.29 is 28.4 Å². The van der Waals surface area contributed by atoms with E-state index in [1.165, 1.54) is 116 Å². The van der Waals surface area contributed by atoms with Crippen LogP contribution in [0.1, 0.15) is 174 Å². The fraction of sp³-hybridized carbons (Fsp3) is 0.914. The molecule has 9 heteroatoms. The van der Waals surface area contributed by atoms with Gasteiger partial charge in [0.1, 0.15) is 0 Å². The minimum atomic E-state index is -4.32. The Hall–Kier alpha value is -0.760. The van der Waals surface area contributed by atoms with E-state index in [0.717, 1.165) is 38.5 Å². The Morgan fingerprint density at radius 2 is 1.16 bits per heavy atom. The molecule has 262 valence electrons. The van der Waals surface area contributed by atoms with Crippen LogP contribution in [0.15, 0.2) is 12.2 Å². The summed E-state index contributed by atoms with van der Waals surface area (Å²) in [7, 11) is -4.32. The number of hydrogen-bond donors (Lipinski definition) is 4. The molecule has 0 aromatic heterocycles. The summed E-state index contributed by atoms with van der Waals surface area (Å²) in [6.45, 7) is 4.11. The summed E-state index contributed by atoms with van der Waals surface area (Å²) in [5.74, 6) is -0.197. The third kappa shape index (κ3) is 29.9. The van der Waals surface area contributed by atoms with Crippen molar-refractivity contribution in [2.75, 3.05) is 19.8 Å². The van der Waals surface area contributed by atoms with Gasteiger partial charge in [0.15, 0.2) is 0 Å². The number of nitrogens with two attached hydrogens (primary N) is 1. The lowest BCUT2D eigenvalue weighted by Gasteiger charge is -2.23. The number of phosphoric acid groups is 1. The molecule has 1 amide bonds. The van der Waals surface area contributed by atoms with Gasteiger partial charge in [0.25, 0.3) is 0 Å². The van der Waals surface area contributed by atoms with E-state index in [2.05, 4.69) is 19.2 Å². The van der Waals surface area contributed by atoms with Crippen LogP contribution in [0.3, 0.4) is 0 Å². The molecule has 0 fully saturated rings. The molecule has 0 saturated carbocycles. The molecule has 3 atom stereocenters. The van der Waals surface area contributed by atoms with E-state index in [4.69, 9.17) is 14.8 Å². The molecule has 44 heavy (non-hydrogen) atoms. The molecule has 0 heterocycles. The number of aliphatic hydroxyl groups excluding tert-OH is 1. The summed E-state index contributed by atoms with van der Waals surface area (Å²) in [6.07, 6.45) is 32.5. The van der Waals surface area contributed by atoms with Gasteiger partial charge in [-0.15, -0.1) is 0 Å². The number of amides is 1. The first-order valence-electron chi connectivity index (χ1n) is 18.3. The molecule has 0 aromatic rings. The Morgan fingerprint density at radius 3 is 1.61 bits per heavy atom. The predicted octanol–water partition coefficient (Wildman–Crippen LogP) is 9.27. The molecular weight excluding hydrogens is 575 g/mol. The van der Waals surface area contributed by atoms with Crippen molar-refractivity contribution in [2.24, 2.45) is 5.73 Å². The standard InChI is InChI=1S/C35H71N2O6P/c1-3-5-7-9-11-13-15-16-17-18-19-20-22-24-26-28-34(38)33(32-43-44(40,41)42-31-30-36)37-35(39)29-27-25-23-21-14-12-10-8-6-4-2/h26,28,33-34,38H,3-25,27,29-32,36H2,1-2H3,(H,37,39)(H,40,41)/b28-26+. The van der Waals surface area contributed by atoms with Crippen molar-refractivity contribution in [3.63, 3.8) is 0 Å². The molecule has 0 aliphatic rings. The van der Waals surface area contributed by atoms with Crippen molar-refractivity contribution in [1.82, 2.24) is 5.32 Å². The molecule has 0 aliphatic heterocycles. The summed E-state index contributed by atoms with van der Waals surface area (Å²) < 4.78 is 22.0. The number of carbonyl (C=O) groups excluding carboxylic acids is 1. The van der Waals surface area contributed by atoms with Gasteiger partial charge in [-0.1, -0.05) is 161 Å². The number of nitrogens with one attached hydrogen (secondary N) is 1. The summed E-state index contributed by atoms with van der Waals surface area (Å²) in [5, 5.41) is 13.6. The zero-order chi connectivity index (χ0) is 32.6. The Labute approximate surface area is 271 Å². The average Bonchev–Trinajstić information content (AvgIpc) is 3.01. The van der Waals surface area contributed by atoms with Crippen molar-refractivity contribution in [1.29, 1.82) is 0 Å². The molecule has 0 spiro atoms. The molecule has 3 unspecified atom stereocenters. The zero-order valence-corrected chi connectivity index (χ0v) is 29.6. The maximum Gasteiger partial charge on any atom is 0.472 e. The van der Waals surface area contributed by atoms with Crippen LogP contribution in [-0.4, -0.2) is 47.8 Å². The van der Waals surface area contributed by atoms with Crippen molar-refractivity contribution >= 4 is 13.7 Å². The first-order valence-corrected chi connectivity index (χ1v) is 19.8. The van der Waals surface area contributed by atoms with Gasteiger partial charge in [0.05, 0.1) is 25.4 Å². The first-order chi connectivity index (χ1) is 21.4. The van der Waals surface area contributed by atoms with E-state index < -0.39 is 20.0 Å². The fourth-order valence-corrected chi connectivity index (χ4v) is 6.07. The summed E-state index contributed by atoms with van der Waals surface area (Å²) in [5.41, 5.74) is 5.34. The second kappa shape index (κ2) is 32.2. The number of aliphatic hydroxyl groups is 1. The van der Waals surface area contributed by atoms with E-state index in [9.17, 15) is 19.4 Å². The van der Waals surface area contributed by atoms with Crippen LogP contribution in [0.25, 0.3) is 0 Å². The van der Waals surface area contributed by atoms with Crippen LogP contribution < -0.4 is 11.1 Å². The normalized spacial score (nSPS) is 14.6. The number of allylic oxidation sites excluding steroid dienone is 1. The van der Waals surface area contributed by atoms with Gasteiger partial charge in [-0.05, 0) is 19.3 Å². The smallest absolute Gasteiger partial charge is 0.387 e. The minimum absolute atomic E-state index is 0.0808. The highest BCUT2D eigenvalue weighted by Gasteiger charge is 2.26. The molecule has 5 N–H and O–H groups in total. The molecule has 0 saturated heterocycles. The van der Waals surface area contributed by atoms with Crippen molar-refractivity contribution in [3.05, 3.63) is 12.2 Å². The summed E-state index contributed by atoms with van der Waals surface area (Å²) >= 11 is 0. The topological polar surface area (TPSA) is 131 Å². The van der Waals surface area contributed by atoms with Crippen LogP contribution in [0.4, 0.5) is 0 Å². The molecule has 0 bridgehead atoms. The number of hydrogen-bond acceptors (Lipinski definition) is 6. The lowest BCUT2D eigenvalue weighted by Crippen LogP contribution is -2.45. The first kappa shape index (κ1) is 43.2. The van der Waals surface area contributed by atoms with E-state index in [-0.39, 0.29) is 25.7 Å². The van der Waals surface area contributed by atoms with Crippen LogP contribution in [0, 0.1) is 0 Å². The Bertz CT molecular complexity index is 709. The molecular formula is C35H71N2O6P. The van der Waals surface area contributed by atoms with Gasteiger partial charge in [-0.2, -0.15) is 0 Å². The molecule has 0 rings (SSSR count). The van der Waals surface area contributed by atoms with Gasteiger partial charge >= 0.3 is 7.82 Å². The van der Waals surface area contributed by atoms with Crippen LogP contribution in [-0.2, 0) is 18.4 Å². The SMILES string of the molecule is CCCCCCCCCCCCCCC/C=C/C(O)C(COP(=O)(O)OCCN)NC(=O)CCCCCCCCCCCC. The van der Waals surface area contributed by atoms with Crippen molar-refractivity contribution in [2.45, 2.75) is 187 Å². The lowest BCUT2D eigenvalue weighted by atomic mass is 10.0. The lowest BCUT2D eigenvalue weighted by molar-refractivity contribution is -0.123. The Balaban J connectivity index is 4.32. The zero-order valence-electron chi connectivity index (χ0n) is 28.7. The second-order valence-corrected chi connectivity index (χ2v) is 13.9. The maximum absolute atomic E-state index is 12.6. The van der Waals surface area contributed by atoms with E-state index in [1.54, 1.807) is 6.08 Å². The second-order valence-electron chi connectivity index (χ2n) is 12.4. The number of phosphoric ester groups is 1. The third-order valence-electron chi connectivity index (χ3n) is 8.11. The maximum atomic E-state index is 12.6. The van der Waals surface area contributed by atoms with Crippen LogP contribution in [0.2, 0.25) is 0 Å². The largest absolute Gasteiger partial charge is 0.472 e. The Kier molecular flexibility index (Phi) is 31.6. The highest BCUT2D eigenvalue weighted by Crippen LogP contribution is 2.43. The number of carbonyl (C=O) groups is 1. The molecule has 0 aromatic carbocycles. The Morgan fingerprint density at radius 1 is 0.727 bits per heavy atom. The van der Waals surface area contributed by atoms with Crippen LogP contribution >= 0.6 is 7.82 Å². The van der Waals surface area contributed by atoms with E-state index in [1.807, 2.05) is 6.08 Å². The number of rotatable bonds is 34. The van der Waals surface area contributed by atoms with Gasteiger partial charge in [-0.25, -0.2) is 4.57 Å². The summed E-state index contributed by atoms with van der Waals surface area (Å²) in [4.78, 5) is 22.5. The van der Waals surface area contributed by atoms with Crippen molar-refractivity contribution in [3.8, 4) is 0 Å². The number of unbranched alkanes of at least 4 members (excludes halogenated alkanes) is 22. The minimum Gasteiger partial charge on any atom is -0.387 e. The van der Waals surface area contributed by atoms with Gasteiger partial charge in [0, 0.05) is 13.0 Å². The van der Waals surface area contributed by atoms with E-state index >= 15 is 0 Å². The predicted molar refractivity (Wildman–Crippen MR) is 185 cm³/mol.